The van der Waals surface area contributed by atoms with Crippen LogP contribution in [0.2, 0.25) is 0 Å². The van der Waals surface area contributed by atoms with Crippen molar-refractivity contribution in [2.75, 3.05) is 13.2 Å². The zero-order valence-corrected chi connectivity index (χ0v) is 9.01. The molecule has 3 heteroatoms. The van der Waals surface area contributed by atoms with Gasteiger partial charge < -0.3 is 10.1 Å². The third-order valence-electron chi connectivity index (χ3n) is 2.12. The summed E-state index contributed by atoms with van der Waals surface area (Å²) in [5.41, 5.74) is 0. The molecular formula is C11H19NO2. The average molecular weight is 197 g/mol. The van der Waals surface area contributed by atoms with Crippen LogP contribution in [0.4, 0.5) is 0 Å². The van der Waals surface area contributed by atoms with Gasteiger partial charge in [-0.25, -0.2) is 0 Å². The van der Waals surface area contributed by atoms with Crippen LogP contribution >= 0.6 is 0 Å². The van der Waals surface area contributed by atoms with Crippen molar-refractivity contribution in [3.8, 4) is 0 Å². The lowest BCUT2D eigenvalue weighted by atomic mass is 10.1. The summed E-state index contributed by atoms with van der Waals surface area (Å²) in [4.78, 5) is 11.5. The summed E-state index contributed by atoms with van der Waals surface area (Å²) >= 11 is 0. The number of allylic oxidation sites excluding steroid dienone is 2. The van der Waals surface area contributed by atoms with Gasteiger partial charge in [0.1, 0.15) is 0 Å². The molecule has 0 atom stereocenters. The van der Waals surface area contributed by atoms with Crippen molar-refractivity contribution in [1.29, 1.82) is 0 Å². The van der Waals surface area contributed by atoms with Gasteiger partial charge in [0.15, 0.2) is 11.5 Å². The molecule has 0 radical (unpaired) electrons. The van der Waals surface area contributed by atoms with E-state index in [-0.39, 0.29) is 5.78 Å². The highest BCUT2D eigenvalue weighted by molar-refractivity contribution is 5.93. The van der Waals surface area contributed by atoms with E-state index >= 15 is 0 Å². The third kappa shape index (κ3) is 3.92. The molecule has 0 spiro atoms. The van der Waals surface area contributed by atoms with Crippen LogP contribution in [-0.2, 0) is 9.53 Å². The van der Waals surface area contributed by atoms with Gasteiger partial charge in [0.2, 0.25) is 0 Å². The molecule has 1 heterocycles. The van der Waals surface area contributed by atoms with Crippen molar-refractivity contribution < 1.29 is 9.53 Å². The molecule has 0 aromatic carbocycles. The molecule has 80 valence electrons. The Morgan fingerprint density at radius 3 is 3.00 bits per heavy atom. The third-order valence-corrected chi connectivity index (χ3v) is 2.12. The highest BCUT2D eigenvalue weighted by atomic mass is 16.5. The van der Waals surface area contributed by atoms with E-state index in [9.17, 15) is 4.79 Å². The van der Waals surface area contributed by atoms with Crippen LogP contribution in [0, 0.1) is 0 Å². The number of nitrogens with one attached hydrogen (secondary N) is 1. The fourth-order valence-electron chi connectivity index (χ4n) is 1.35. The molecule has 14 heavy (non-hydrogen) atoms. The first-order valence-corrected chi connectivity index (χ1v) is 5.29. The summed E-state index contributed by atoms with van der Waals surface area (Å²) in [6.45, 7) is 5.56. The molecule has 0 unspecified atom stereocenters. The smallest absolute Gasteiger partial charge is 0.198 e. The summed E-state index contributed by atoms with van der Waals surface area (Å²) in [6, 6.07) is 0.434. The normalized spacial score (nSPS) is 16.4. The van der Waals surface area contributed by atoms with Crippen molar-refractivity contribution in [3.05, 3.63) is 11.8 Å². The highest BCUT2D eigenvalue weighted by Gasteiger charge is 2.12. The molecule has 1 rings (SSSR count). The summed E-state index contributed by atoms with van der Waals surface area (Å²) in [7, 11) is 0. The number of hydrogen-bond donors (Lipinski definition) is 1. The Balaban J connectivity index is 2.24. The molecular weight excluding hydrogens is 178 g/mol. The van der Waals surface area contributed by atoms with Gasteiger partial charge in [-0.2, -0.15) is 0 Å². The Morgan fingerprint density at radius 1 is 1.64 bits per heavy atom. The number of carbonyl (C=O) groups is 1. The fraction of sp³-hybridized carbons (Fsp3) is 0.727. The van der Waals surface area contributed by atoms with Crippen LogP contribution in [-0.4, -0.2) is 25.0 Å². The first-order valence-electron chi connectivity index (χ1n) is 5.29. The lowest BCUT2D eigenvalue weighted by molar-refractivity contribution is -0.119. The van der Waals surface area contributed by atoms with E-state index < -0.39 is 0 Å². The minimum atomic E-state index is 0.123. The number of ether oxygens (including phenoxy) is 1. The molecule has 0 aromatic heterocycles. The van der Waals surface area contributed by atoms with E-state index in [0.717, 1.165) is 19.4 Å². The molecule has 1 aliphatic rings. The Hall–Kier alpha value is -0.830. The Bertz CT molecular complexity index is 221. The summed E-state index contributed by atoms with van der Waals surface area (Å²) < 4.78 is 5.28. The largest absolute Gasteiger partial charge is 0.490 e. The summed E-state index contributed by atoms with van der Waals surface area (Å²) in [5.74, 6) is 0.694. The zero-order valence-electron chi connectivity index (χ0n) is 9.01. The zero-order chi connectivity index (χ0) is 10.4. The van der Waals surface area contributed by atoms with Gasteiger partial charge in [0, 0.05) is 19.0 Å². The van der Waals surface area contributed by atoms with Crippen molar-refractivity contribution in [3.63, 3.8) is 0 Å². The van der Waals surface area contributed by atoms with Crippen LogP contribution in [0.25, 0.3) is 0 Å². The number of ketones is 1. The molecule has 0 saturated carbocycles. The minimum absolute atomic E-state index is 0.123. The SMILES string of the molecule is CC(C)NCCC(=O)C1=CCCCO1. The van der Waals surface area contributed by atoms with E-state index in [1.54, 1.807) is 0 Å². The Kier molecular flexibility index (Phi) is 4.66. The van der Waals surface area contributed by atoms with Crippen LogP contribution in [0.15, 0.2) is 11.8 Å². The number of carbonyl (C=O) groups excluding carboxylic acids is 1. The van der Waals surface area contributed by atoms with E-state index in [0.29, 0.717) is 24.8 Å². The molecule has 1 aliphatic heterocycles. The van der Waals surface area contributed by atoms with Gasteiger partial charge in [-0.3, -0.25) is 4.79 Å². The summed E-state index contributed by atoms with van der Waals surface area (Å²) in [5, 5.41) is 3.21. The van der Waals surface area contributed by atoms with Gasteiger partial charge in [-0.15, -0.1) is 0 Å². The van der Waals surface area contributed by atoms with Crippen molar-refractivity contribution in [1.82, 2.24) is 5.32 Å². The second-order valence-corrected chi connectivity index (χ2v) is 3.84. The predicted octanol–water partition coefficient (Wildman–Crippen LogP) is 1.64. The first kappa shape index (κ1) is 11.2. The standard InChI is InChI=1S/C11H19NO2/c1-9(2)12-7-6-10(13)11-5-3-4-8-14-11/h5,9,12H,3-4,6-8H2,1-2H3. The van der Waals surface area contributed by atoms with Gasteiger partial charge in [-0.05, 0) is 18.9 Å². The van der Waals surface area contributed by atoms with Gasteiger partial charge in [-0.1, -0.05) is 13.8 Å². The maximum Gasteiger partial charge on any atom is 0.198 e. The average Bonchev–Trinajstić information content (AvgIpc) is 2.18. The second kappa shape index (κ2) is 5.81. The number of hydrogen-bond acceptors (Lipinski definition) is 3. The van der Waals surface area contributed by atoms with E-state index in [1.807, 2.05) is 6.08 Å². The maximum absolute atomic E-state index is 11.5. The topological polar surface area (TPSA) is 38.3 Å². The van der Waals surface area contributed by atoms with E-state index in [4.69, 9.17) is 4.74 Å². The van der Waals surface area contributed by atoms with Crippen LogP contribution in [0.3, 0.4) is 0 Å². The molecule has 0 bridgehead atoms. The molecule has 3 nitrogen and oxygen atoms in total. The lowest BCUT2D eigenvalue weighted by Gasteiger charge is -2.14. The lowest BCUT2D eigenvalue weighted by Crippen LogP contribution is -2.26. The van der Waals surface area contributed by atoms with Crippen LogP contribution in [0.1, 0.15) is 33.1 Å². The molecule has 0 aromatic rings. The highest BCUT2D eigenvalue weighted by Crippen LogP contribution is 2.11. The molecule has 1 N–H and O–H groups in total. The van der Waals surface area contributed by atoms with E-state index in [1.165, 1.54) is 0 Å². The van der Waals surface area contributed by atoms with Gasteiger partial charge in [0.25, 0.3) is 0 Å². The second-order valence-electron chi connectivity index (χ2n) is 3.84. The molecule has 0 amide bonds. The van der Waals surface area contributed by atoms with Gasteiger partial charge in [0.05, 0.1) is 6.61 Å². The van der Waals surface area contributed by atoms with Crippen molar-refractivity contribution in [2.24, 2.45) is 0 Å². The van der Waals surface area contributed by atoms with E-state index in [2.05, 4.69) is 19.2 Å². The van der Waals surface area contributed by atoms with Crippen LogP contribution < -0.4 is 5.32 Å². The van der Waals surface area contributed by atoms with Crippen molar-refractivity contribution in [2.45, 2.75) is 39.2 Å². The molecule has 0 aliphatic carbocycles. The quantitative estimate of drug-likeness (QED) is 0.728. The molecule has 0 fully saturated rings. The Morgan fingerprint density at radius 2 is 2.43 bits per heavy atom. The van der Waals surface area contributed by atoms with Crippen LogP contribution in [0.5, 0.6) is 0 Å². The minimum Gasteiger partial charge on any atom is -0.490 e. The number of Topliss-reactive ketones (excluding diaryl/α,β-unsaturated/α-hetero) is 1. The Labute approximate surface area is 85.5 Å². The van der Waals surface area contributed by atoms with Gasteiger partial charge >= 0.3 is 0 Å². The fourth-order valence-corrected chi connectivity index (χ4v) is 1.35. The van der Waals surface area contributed by atoms with Crippen molar-refractivity contribution >= 4 is 5.78 Å². The summed E-state index contributed by atoms with van der Waals surface area (Å²) in [6.07, 6.45) is 4.44. The maximum atomic E-state index is 11.5. The monoisotopic (exact) mass is 197 g/mol. The molecule has 0 saturated heterocycles. The number of rotatable bonds is 5. The first-order chi connectivity index (χ1) is 6.70. The predicted molar refractivity (Wildman–Crippen MR) is 56.0 cm³/mol.